The first-order valence-electron chi connectivity index (χ1n) is 6.36. The van der Waals surface area contributed by atoms with Gasteiger partial charge >= 0.3 is 19.5 Å². The summed E-state index contributed by atoms with van der Waals surface area (Å²) in [5.74, 6) is 0. The Kier molecular flexibility index (Phi) is 12.5. The molecular weight excluding hydrogens is 574 g/mol. The van der Waals surface area contributed by atoms with Gasteiger partial charge in [0.2, 0.25) is 7.33 Å². The van der Waals surface area contributed by atoms with Crippen LogP contribution in [0.25, 0.3) is 0 Å². The fourth-order valence-electron chi connectivity index (χ4n) is 1.57. The van der Waals surface area contributed by atoms with Crippen molar-refractivity contribution in [2.24, 2.45) is 0 Å². The molecule has 0 radical (unpaired) electrons. The third-order valence-electron chi connectivity index (χ3n) is 2.79. The first-order chi connectivity index (χ1) is 11.9. The maximum Gasteiger partial charge on any atom is 2.00 e. The van der Waals surface area contributed by atoms with Crippen molar-refractivity contribution in [1.29, 1.82) is 0 Å². The number of benzene rings is 2. The van der Waals surface area contributed by atoms with Crippen LogP contribution in [0.2, 0.25) is 10.0 Å². The fourth-order valence-corrected chi connectivity index (χ4v) is 3.81. The summed E-state index contributed by atoms with van der Waals surface area (Å²) in [6.07, 6.45) is 0. The van der Waals surface area contributed by atoms with Crippen LogP contribution < -0.4 is 0 Å². The molecule has 0 spiro atoms. The predicted molar refractivity (Wildman–Crippen MR) is 108 cm³/mol. The van der Waals surface area contributed by atoms with Crippen LogP contribution in [0.1, 0.15) is 11.1 Å². The zero-order valence-corrected chi connectivity index (χ0v) is 22.2. The topological polar surface area (TPSA) is 80.3 Å². The second-order valence-corrected chi connectivity index (χ2v) is 11.0. The molecule has 2 atom stereocenters. The summed E-state index contributed by atoms with van der Waals surface area (Å²) < 4.78 is 38.6. The number of hydrogen-bond donors (Lipinski definition) is 0. The summed E-state index contributed by atoms with van der Waals surface area (Å²) in [6.45, 7) is 0. The molecule has 0 aliphatic rings. The Morgan fingerprint density at radius 2 is 0.926 bits per heavy atom. The van der Waals surface area contributed by atoms with Crippen LogP contribution in [0, 0.1) is 0 Å². The number of alkyl halides is 4. The first-order valence-corrected chi connectivity index (χ1v) is 10.8. The second-order valence-electron chi connectivity index (χ2n) is 4.46. The Bertz CT molecular complexity index is 754. The molecule has 2 rings (SSSR count). The van der Waals surface area contributed by atoms with E-state index >= 15 is 0 Å². The van der Waals surface area contributed by atoms with Crippen LogP contribution in [0.15, 0.2) is 48.5 Å². The average molecular weight is 582 g/mol. The van der Waals surface area contributed by atoms with Crippen LogP contribution in [0.3, 0.4) is 0 Å². The molecule has 2 unspecified atom stereocenters. The Labute approximate surface area is 204 Å². The van der Waals surface area contributed by atoms with Crippen molar-refractivity contribution in [3.8, 4) is 0 Å². The zero-order chi connectivity index (χ0) is 20.1. The molecular formula is C14H8Cl6O4S2Zn. The van der Waals surface area contributed by atoms with Crippen LogP contribution in [-0.2, 0) is 49.0 Å². The van der Waals surface area contributed by atoms with E-state index < -0.39 is 29.5 Å². The van der Waals surface area contributed by atoms with Crippen molar-refractivity contribution in [1.82, 2.24) is 0 Å². The Hall–Kier alpha value is 1.02. The number of halogens is 6. The van der Waals surface area contributed by atoms with Crippen molar-refractivity contribution >= 4 is 91.8 Å². The predicted octanol–water partition coefficient (Wildman–Crippen LogP) is 5.61. The van der Waals surface area contributed by atoms with Crippen molar-refractivity contribution in [3.63, 3.8) is 0 Å². The molecule has 2 aromatic carbocycles. The minimum absolute atomic E-state index is 0. The second kappa shape index (κ2) is 12.0. The maximum absolute atomic E-state index is 10.7. The molecule has 4 nitrogen and oxygen atoms in total. The Morgan fingerprint density at radius 1 is 0.667 bits per heavy atom. The third kappa shape index (κ3) is 7.65. The van der Waals surface area contributed by atoms with E-state index in [-0.39, 0.29) is 40.7 Å². The van der Waals surface area contributed by atoms with Crippen LogP contribution in [0.5, 0.6) is 0 Å². The number of rotatable bonds is 4. The molecule has 144 valence electrons. The van der Waals surface area contributed by atoms with E-state index in [0.717, 1.165) is 0 Å². The van der Waals surface area contributed by atoms with Crippen molar-refractivity contribution < 1.29 is 37.0 Å². The van der Waals surface area contributed by atoms with Gasteiger partial charge in [-0.2, -0.15) is 0 Å². The fraction of sp³-hybridized carbons (Fsp3) is 0.143. The van der Waals surface area contributed by atoms with Gasteiger partial charge in [-0.1, -0.05) is 106 Å². The summed E-state index contributed by atoms with van der Waals surface area (Å²) >= 11 is 28.4. The third-order valence-corrected chi connectivity index (χ3v) is 7.06. The smallest absolute Gasteiger partial charge is 0.770 e. The molecule has 2 aromatic rings. The molecule has 0 fully saturated rings. The summed E-state index contributed by atoms with van der Waals surface area (Å²) in [6, 6.07) is 12.5. The monoisotopic (exact) mass is 578 g/mol. The normalized spacial score (nSPS) is 13.6. The van der Waals surface area contributed by atoms with Crippen LogP contribution >= 0.6 is 69.6 Å². The average Bonchev–Trinajstić information content (AvgIpc) is 2.55. The Morgan fingerprint density at radius 3 is 1.15 bits per heavy atom. The Balaban J connectivity index is 0.000000483. The van der Waals surface area contributed by atoms with E-state index in [0.29, 0.717) is 0 Å². The summed E-state index contributed by atoms with van der Waals surface area (Å²) in [5, 5.41) is 0.438. The van der Waals surface area contributed by atoms with E-state index in [4.69, 9.17) is 69.6 Å². The van der Waals surface area contributed by atoms with Crippen LogP contribution in [0.4, 0.5) is 0 Å². The largest absolute Gasteiger partial charge is 2.00 e. The molecule has 0 amide bonds. The van der Waals surface area contributed by atoms with Gasteiger partial charge in [0.1, 0.15) is 0 Å². The minimum Gasteiger partial charge on any atom is -0.770 e. The molecule has 0 aliphatic carbocycles. The SMILES string of the molecule is O=S([O-])C(Cl)(Cl)c1ccccc1Cl.O=S([O-])C(Cl)(Cl)c1ccccc1Cl.[Zn+2]. The quantitative estimate of drug-likeness (QED) is 0.267. The van der Waals surface area contributed by atoms with Gasteiger partial charge in [0.25, 0.3) is 0 Å². The van der Waals surface area contributed by atoms with E-state index in [2.05, 4.69) is 0 Å². The van der Waals surface area contributed by atoms with Crippen molar-refractivity contribution in [2.45, 2.75) is 7.33 Å². The van der Waals surface area contributed by atoms with Crippen LogP contribution in [-0.4, -0.2) is 17.5 Å². The maximum atomic E-state index is 10.7. The molecule has 0 heterocycles. The molecule has 0 aromatic heterocycles. The van der Waals surface area contributed by atoms with Gasteiger partial charge in [0.15, 0.2) is 0 Å². The molecule has 13 heteroatoms. The first kappa shape index (κ1) is 28.0. The minimum atomic E-state index is -2.64. The molecule has 27 heavy (non-hydrogen) atoms. The summed E-state index contributed by atoms with van der Waals surface area (Å²) in [5.41, 5.74) is 0.321. The van der Waals surface area contributed by atoms with Gasteiger partial charge in [-0.25, -0.2) is 0 Å². The van der Waals surface area contributed by atoms with E-state index in [9.17, 15) is 17.5 Å². The van der Waals surface area contributed by atoms with E-state index in [1.54, 1.807) is 24.3 Å². The molecule has 0 saturated heterocycles. The molecule has 0 saturated carbocycles. The molecule has 0 N–H and O–H groups in total. The molecule has 0 aliphatic heterocycles. The van der Waals surface area contributed by atoms with E-state index in [1.807, 2.05) is 0 Å². The van der Waals surface area contributed by atoms with Gasteiger partial charge < -0.3 is 9.11 Å². The van der Waals surface area contributed by atoms with Gasteiger partial charge in [-0.15, -0.1) is 0 Å². The zero-order valence-electron chi connectivity index (χ0n) is 13.0. The van der Waals surface area contributed by atoms with Gasteiger partial charge in [0, 0.05) is 21.2 Å². The van der Waals surface area contributed by atoms with Crippen molar-refractivity contribution in [2.75, 3.05) is 0 Å². The number of hydrogen-bond acceptors (Lipinski definition) is 4. The van der Waals surface area contributed by atoms with Gasteiger partial charge in [0.05, 0.1) is 0 Å². The summed E-state index contributed by atoms with van der Waals surface area (Å²) in [7, 11) is 0. The standard InChI is InChI=1S/2C7H5Cl3O2S.Zn/c2*8-6-4-2-1-3-5(6)7(9,10)13(11)12;/h2*1-4H,(H,11,12);/q;;+2/p-2. The van der Waals surface area contributed by atoms with Crippen molar-refractivity contribution in [3.05, 3.63) is 69.7 Å². The summed E-state index contributed by atoms with van der Waals surface area (Å²) in [4.78, 5) is 0. The van der Waals surface area contributed by atoms with E-state index in [1.165, 1.54) is 24.3 Å². The van der Waals surface area contributed by atoms with Gasteiger partial charge in [-0.05, 0) is 34.3 Å². The molecule has 0 bridgehead atoms. The van der Waals surface area contributed by atoms with Gasteiger partial charge in [-0.3, -0.25) is 8.42 Å².